The number of rotatable bonds is 4. The number of benzene rings is 2. The molecule has 2 aromatic rings. The van der Waals surface area contributed by atoms with Crippen molar-refractivity contribution in [1.29, 1.82) is 0 Å². The van der Waals surface area contributed by atoms with E-state index in [1.165, 1.54) is 42.5 Å². The fraction of sp³-hybridized carbons (Fsp3) is 0.222. The lowest BCUT2D eigenvalue weighted by Gasteiger charge is -2.22. The SMILES string of the molecule is CC1(c2ccc(S(C)(=O)=O)cc2)NC(=O)N(Cc2ccc(F)c(Br)c2)C1=O. The van der Waals surface area contributed by atoms with E-state index in [2.05, 4.69) is 21.2 Å². The molecule has 1 heterocycles. The van der Waals surface area contributed by atoms with Gasteiger partial charge in [-0.3, -0.25) is 9.69 Å². The van der Waals surface area contributed by atoms with Crippen molar-refractivity contribution in [2.45, 2.75) is 23.9 Å². The number of hydrogen-bond donors (Lipinski definition) is 1. The minimum Gasteiger partial charge on any atom is -0.319 e. The van der Waals surface area contributed by atoms with E-state index in [4.69, 9.17) is 0 Å². The summed E-state index contributed by atoms with van der Waals surface area (Å²) in [6, 6.07) is 9.49. The van der Waals surface area contributed by atoms with Crippen LogP contribution in [0.4, 0.5) is 9.18 Å². The molecular formula is C18H16BrFN2O4S. The maximum Gasteiger partial charge on any atom is 0.325 e. The van der Waals surface area contributed by atoms with Crippen LogP contribution in [0.5, 0.6) is 0 Å². The van der Waals surface area contributed by atoms with E-state index in [9.17, 15) is 22.4 Å². The van der Waals surface area contributed by atoms with Crippen LogP contribution in [-0.2, 0) is 26.7 Å². The predicted octanol–water partition coefficient (Wildman–Crippen LogP) is 2.96. The first kappa shape index (κ1) is 19.5. The van der Waals surface area contributed by atoms with Crippen LogP contribution in [0, 0.1) is 5.82 Å². The van der Waals surface area contributed by atoms with E-state index in [0.717, 1.165) is 11.2 Å². The number of urea groups is 1. The number of nitrogens with zero attached hydrogens (tertiary/aromatic N) is 1. The second-order valence-electron chi connectivity index (χ2n) is 6.49. The summed E-state index contributed by atoms with van der Waals surface area (Å²) in [5.74, 6) is -0.910. The molecule has 1 aliphatic heterocycles. The number of sulfone groups is 1. The molecule has 3 amide bonds. The summed E-state index contributed by atoms with van der Waals surface area (Å²) in [5.41, 5.74) is -0.260. The number of carbonyl (C=O) groups excluding carboxylic acids is 2. The van der Waals surface area contributed by atoms with Crippen molar-refractivity contribution in [3.05, 3.63) is 63.9 Å². The summed E-state index contributed by atoms with van der Waals surface area (Å²) < 4.78 is 36.8. The summed E-state index contributed by atoms with van der Waals surface area (Å²) in [7, 11) is -3.36. The van der Waals surface area contributed by atoms with Crippen molar-refractivity contribution < 1.29 is 22.4 Å². The van der Waals surface area contributed by atoms with Crippen molar-refractivity contribution in [2.24, 2.45) is 0 Å². The molecule has 3 rings (SSSR count). The van der Waals surface area contributed by atoms with Gasteiger partial charge in [-0.1, -0.05) is 18.2 Å². The maximum absolute atomic E-state index is 13.4. The fourth-order valence-corrected chi connectivity index (χ4v) is 3.95. The van der Waals surface area contributed by atoms with E-state index in [-0.39, 0.29) is 15.9 Å². The highest BCUT2D eigenvalue weighted by atomic mass is 79.9. The fourth-order valence-electron chi connectivity index (χ4n) is 2.89. The largest absolute Gasteiger partial charge is 0.325 e. The molecule has 0 spiro atoms. The number of hydrogen-bond acceptors (Lipinski definition) is 4. The van der Waals surface area contributed by atoms with Gasteiger partial charge in [-0.05, 0) is 58.2 Å². The van der Waals surface area contributed by atoms with Crippen LogP contribution in [0.3, 0.4) is 0 Å². The Labute approximate surface area is 164 Å². The molecule has 9 heteroatoms. The number of amides is 3. The summed E-state index contributed by atoms with van der Waals surface area (Å²) in [5, 5.41) is 2.65. The normalized spacial score (nSPS) is 20.1. The van der Waals surface area contributed by atoms with E-state index < -0.39 is 33.1 Å². The Morgan fingerprint density at radius 1 is 1.15 bits per heavy atom. The van der Waals surface area contributed by atoms with E-state index in [0.29, 0.717) is 11.1 Å². The Kier molecular flexibility index (Phi) is 4.85. The molecule has 0 bridgehead atoms. The molecule has 0 saturated carbocycles. The first-order valence-electron chi connectivity index (χ1n) is 7.91. The molecule has 27 heavy (non-hydrogen) atoms. The molecule has 1 fully saturated rings. The molecule has 1 N–H and O–H groups in total. The predicted molar refractivity (Wildman–Crippen MR) is 100 cm³/mol. The quantitative estimate of drug-likeness (QED) is 0.719. The van der Waals surface area contributed by atoms with Crippen LogP contribution in [0.2, 0.25) is 0 Å². The molecule has 142 valence electrons. The maximum atomic E-state index is 13.4. The van der Waals surface area contributed by atoms with E-state index >= 15 is 0 Å². The number of imide groups is 1. The second-order valence-corrected chi connectivity index (χ2v) is 9.36. The zero-order chi connectivity index (χ0) is 20.0. The lowest BCUT2D eigenvalue weighted by Crippen LogP contribution is -2.40. The first-order valence-corrected chi connectivity index (χ1v) is 10.6. The van der Waals surface area contributed by atoms with Crippen LogP contribution in [-0.4, -0.2) is 31.5 Å². The summed E-state index contributed by atoms with van der Waals surface area (Å²) in [6.45, 7) is 1.55. The minimum absolute atomic E-state index is 0.0133. The Morgan fingerprint density at radius 2 is 1.78 bits per heavy atom. The van der Waals surface area contributed by atoms with Gasteiger partial charge < -0.3 is 5.32 Å². The molecule has 1 saturated heterocycles. The molecule has 1 unspecified atom stereocenters. The van der Waals surface area contributed by atoms with Crippen LogP contribution in [0.25, 0.3) is 0 Å². The molecule has 0 aromatic heterocycles. The molecule has 1 aliphatic rings. The van der Waals surface area contributed by atoms with Crippen LogP contribution in [0.1, 0.15) is 18.1 Å². The number of nitrogens with one attached hydrogen (secondary N) is 1. The Hall–Kier alpha value is -2.26. The Morgan fingerprint density at radius 3 is 2.33 bits per heavy atom. The molecule has 0 aliphatic carbocycles. The number of carbonyl (C=O) groups is 2. The lowest BCUT2D eigenvalue weighted by atomic mass is 9.92. The van der Waals surface area contributed by atoms with Gasteiger partial charge in [0.05, 0.1) is 15.9 Å². The standard InChI is InChI=1S/C18H16BrFN2O4S/c1-18(12-4-6-13(7-5-12)27(2,25)26)16(23)22(17(24)21-18)10-11-3-8-15(20)14(19)9-11/h3-9H,10H2,1-2H3,(H,21,24). The first-order chi connectivity index (χ1) is 12.5. The van der Waals surface area contributed by atoms with Crippen molar-refractivity contribution in [1.82, 2.24) is 10.2 Å². The molecule has 2 aromatic carbocycles. The third-order valence-electron chi connectivity index (χ3n) is 4.46. The van der Waals surface area contributed by atoms with Crippen molar-refractivity contribution in [2.75, 3.05) is 6.26 Å². The lowest BCUT2D eigenvalue weighted by molar-refractivity contribution is -0.131. The summed E-state index contributed by atoms with van der Waals surface area (Å²) in [6.07, 6.45) is 1.09. The van der Waals surface area contributed by atoms with Gasteiger partial charge in [0.1, 0.15) is 11.4 Å². The summed E-state index contributed by atoms with van der Waals surface area (Å²) in [4.78, 5) is 26.5. The average molecular weight is 455 g/mol. The Balaban J connectivity index is 1.89. The smallest absolute Gasteiger partial charge is 0.319 e. The van der Waals surface area contributed by atoms with Crippen LogP contribution in [0.15, 0.2) is 51.8 Å². The second kappa shape index (κ2) is 6.72. The van der Waals surface area contributed by atoms with Crippen LogP contribution < -0.4 is 5.32 Å². The minimum atomic E-state index is -3.36. The van der Waals surface area contributed by atoms with Gasteiger partial charge >= 0.3 is 6.03 Å². The molecular weight excluding hydrogens is 439 g/mol. The highest BCUT2D eigenvalue weighted by molar-refractivity contribution is 9.10. The topological polar surface area (TPSA) is 83.6 Å². The average Bonchev–Trinajstić information content (AvgIpc) is 2.82. The van der Waals surface area contributed by atoms with Gasteiger partial charge in [-0.25, -0.2) is 17.6 Å². The van der Waals surface area contributed by atoms with Gasteiger partial charge in [-0.2, -0.15) is 0 Å². The Bertz CT molecular complexity index is 1040. The molecule has 0 radical (unpaired) electrons. The van der Waals surface area contributed by atoms with Gasteiger partial charge in [0, 0.05) is 6.26 Å². The monoisotopic (exact) mass is 454 g/mol. The number of halogens is 2. The molecule has 1 atom stereocenters. The highest BCUT2D eigenvalue weighted by Gasteiger charge is 2.48. The van der Waals surface area contributed by atoms with Gasteiger partial charge in [0.2, 0.25) is 0 Å². The van der Waals surface area contributed by atoms with Gasteiger partial charge in [0.15, 0.2) is 9.84 Å². The zero-order valence-corrected chi connectivity index (χ0v) is 16.9. The van der Waals surface area contributed by atoms with Crippen molar-refractivity contribution >= 4 is 37.7 Å². The highest BCUT2D eigenvalue weighted by Crippen LogP contribution is 2.31. The van der Waals surface area contributed by atoms with Crippen LogP contribution >= 0.6 is 15.9 Å². The van der Waals surface area contributed by atoms with Gasteiger partial charge in [-0.15, -0.1) is 0 Å². The molecule has 6 nitrogen and oxygen atoms in total. The van der Waals surface area contributed by atoms with Crippen molar-refractivity contribution in [3.63, 3.8) is 0 Å². The van der Waals surface area contributed by atoms with Crippen molar-refractivity contribution in [3.8, 4) is 0 Å². The third kappa shape index (κ3) is 3.61. The van der Waals surface area contributed by atoms with Gasteiger partial charge in [0.25, 0.3) is 5.91 Å². The van der Waals surface area contributed by atoms with E-state index in [1.54, 1.807) is 6.92 Å². The van der Waals surface area contributed by atoms with E-state index in [1.807, 2.05) is 0 Å². The third-order valence-corrected chi connectivity index (χ3v) is 6.20. The summed E-state index contributed by atoms with van der Waals surface area (Å²) >= 11 is 3.08. The zero-order valence-electron chi connectivity index (χ0n) is 14.5.